The van der Waals surface area contributed by atoms with Crippen molar-refractivity contribution in [2.24, 2.45) is 0 Å². The average molecular weight is 410 g/mol. The topological polar surface area (TPSA) is 78.9 Å². The first-order valence-electron chi connectivity index (χ1n) is 10.5. The van der Waals surface area contributed by atoms with E-state index in [9.17, 15) is 8.42 Å². The number of rotatable bonds is 6. The summed E-state index contributed by atoms with van der Waals surface area (Å²) in [6.45, 7) is 2.48. The van der Waals surface area contributed by atoms with E-state index in [4.69, 9.17) is 4.74 Å². The fourth-order valence-corrected chi connectivity index (χ4v) is 6.11. The van der Waals surface area contributed by atoms with Crippen LogP contribution >= 0.6 is 0 Å². The highest BCUT2D eigenvalue weighted by Gasteiger charge is 2.39. The Bertz CT molecular complexity index is 755. The summed E-state index contributed by atoms with van der Waals surface area (Å²) in [6.07, 6.45) is 9.74. The molecule has 1 saturated carbocycles. The zero-order valence-electron chi connectivity index (χ0n) is 16.7. The smallest absolute Gasteiger partial charge is 0.281 e. The minimum absolute atomic E-state index is 0.308. The van der Waals surface area contributed by atoms with Crippen molar-refractivity contribution >= 4 is 16.0 Å². The van der Waals surface area contributed by atoms with E-state index in [0.717, 1.165) is 44.3 Å². The highest BCUT2D eigenvalue weighted by atomic mass is 32.2. The highest BCUT2D eigenvalue weighted by molar-refractivity contribution is 7.86. The molecule has 0 bridgehead atoms. The van der Waals surface area contributed by atoms with Crippen molar-refractivity contribution in [3.05, 3.63) is 12.4 Å². The van der Waals surface area contributed by atoms with E-state index >= 15 is 0 Å². The van der Waals surface area contributed by atoms with Crippen molar-refractivity contribution in [1.82, 2.24) is 18.6 Å². The average Bonchev–Trinajstić information content (AvgIpc) is 3.56. The highest BCUT2D eigenvalue weighted by Crippen LogP contribution is 2.36. The molecule has 4 rings (SSSR count). The summed E-state index contributed by atoms with van der Waals surface area (Å²) in [5, 5.41) is 0. The number of anilines is 1. The fourth-order valence-electron chi connectivity index (χ4n) is 4.39. The normalized spacial score (nSPS) is 23.3. The maximum absolute atomic E-state index is 13.1. The molecule has 3 aliphatic rings. The first-order valence-corrected chi connectivity index (χ1v) is 11.9. The molecule has 2 aliphatic heterocycles. The standard InChI is InChI=1S/C19H31N5O3S/c1-27-19-14-18(20-15-21-19)24(16-6-7-16)17-8-12-23(13-9-17)28(25,26)22-10-4-2-3-5-11-22/h14-17H,2-13H2,1H3. The maximum Gasteiger partial charge on any atom is 0.281 e. The van der Waals surface area contributed by atoms with Crippen LogP contribution in [0.3, 0.4) is 0 Å². The van der Waals surface area contributed by atoms with Gasteiger partial charge in [0, 0.05) is 44.3 Å². The summed E-state index contributed by atoms with van der Waals surface area (Å²) in [5.41, 5.74) is 0. The van der Waals surface area contributed by atoms with Crippen LogP contribution in [-0.2, 0) is 10.2 Å². The van der Waals surface area contributed by atoms with Gasteiger partial charge in [-0.1, -0.05) is 12.8 Å². The molecule has 8 nitrogen and oxygen atoms in total. The summed E-state index contributed by atoms with van der Waals surface area (Å²) in [4.78, 5) is 11.0. The van der Waals surface area contributed by atoms with E-state index in [1.807, 2.05) is 6.07 Å². The molecule has 0 aromatic carbocycles. The Hall–Kier alpha value is -1.45. The summed E-state index contributed by atoms with van der Waals surface area (Å²) < 4.78 is 34.8. The van der Waals surface area contributed by atoms with Crippen LogP contribution in [0.4, 0.5) is 5.82 Å². The van der Waals surface area contributed by atoms with Crippen molar-refractivity contribution in [2.45, 2.75) is 63.5 Å². The molecule has 0 N–H and O–H groups in total. The van der Waals surface area contributed by atoms with Crippen LogP contribution in [0.2, 0.25) is 0 Å². The molecule has 1 aromatic rings. The Morgan fingerprint density at radius 2 is 1.54 bits per heavy atom. The SMILES string of the molecule is COc1cc(N(C2CC2)C2CCN(S(=O)(=O)N3CCCCCC3)CC2)ncn1. The van der Waals surface area contributed by atoms with Gasteiger partial charge in [-0.3, -0.25) is 0 Å². The monoisotopic (exact) mass is 409 g/mol. The summed E-state index contributed by atoms with van der Waals surface area (Å²) >= 11 is 0. The Balaban J connectivity index is 1.43. The molecule has 0 spiro atoms. The second kappa shape index (κ2) is 8.51. The Morgan fingerprint density at radius 3 is 2.14 bits per heavy atom. The Morgan fingerprint density at radius 1 is 0.929 bits per heavy atom. The first kappa shape index (κ1) is 19.8. The number of hydrogen-bond donors (Lipinski definition) is 0. The Labute approximate surface area is 168 Å². The lowest BCUT2D eigenvalue weighted by Gasteiger charge is -2.40. The molecule has 2 saturated heterocycles. The van der Waals surface area contributed by atoms with Gasteiger partial charge in [-0.15, -0.1) is 0 Å². The third-order valence-electron chi connectivity index (χ3n) is 6.08. The van der Waals surface area contributed by atoms with E-state index < -0.39 is 10.2 Å². The van der Waals surface area contributed by atoms with Gasteiger partial charge in [0.25, 0.3) is 10.2 Å². The fraction of sp³-hybridized carbons (Fsp3) is 0.789. The van der Waals surface area contributed by atoms with Crippen LogP contribution < -0.4 is 9.64 Å². The van der Waals surface area contributed by atoms with Gasteiger partial charge in [-0.25, -0.2) is 9.97 Å². The van der Waals surface area contributed by atoms with Gasteiger partial charge in [0.15, 0.2) is 0 Å². The van der Waals surface area contributed by atoms with Crippen LogP contribution in [-0.4, -0.2) is 72.4 Å². The van der Waals surface area contributed by atoms with Crippen molar-refractivity contribution in [3.8, 4) is 5.88 Å². The third-order valence-corrected chi connectivity index (χ3v) is 8.11. The number of piperidine rings is 1. The molecule has 0 unspecified atom stereocenters. The predicted molar refractivity (Wildman–Crippen MR) is 108 cm³/mol. The van der Waals surface area contributed by atoms with Crippen molar-refractivity contribution in [2.75, 3.05) is 38.2 Å². The zero-order valence-corrected chi connectivity index (χ0v) is 17.5. The van der Waals surface area contributed by atoms with E-state index in [0.29, 0.717) is 44.1 Å². The lowest BCUT2D eigenvalue weighted by molar-refractivity contribution is 0.280. The van der Waals surface area contributed by atoms with Crippen molar-refractivity contribution in [3.63, 3.8) is 0 Å². The summed E-state index contributed by atoms with van der Waals surface area (Å²) in [6, 6.07) is 2.69. The molecule has 9 heteroatoms. The predicted octanol–water partition coefficient (Wildman–Crippen LogP) is 2.04. The molecule has 1 aromatic heterocycles. The number of aromatic nitrogens is 2. The minimum Gasteiger partial charge on any atom is -0.481 e. The molecule has 0 radical (unpaired) electrons. The minimum atomic E-state index is -3.33. The molecular formula is C19H31N5O3S. The van der Waals surface area contributed by atoms with Crippen LogP contribution in [0.15, 0.2) is 12.4 Å². The van der Waals surface area contributed by atoms with E-state index in [-0.39, 0.29) is 0 Å². The number of hydrogen-bond acceptors (Lipinski definition) is 6. The molecule has 3 heterocycles. The van der Waals surface area contributed by atoms with Crippen LogP contribution in [0.1, 0.15) is 51.4 Å². The molecular weight excluding hydrogens is 378 g/mol. The number of ether oxygens (including phenoxy) is 1. The Kier molecular flexibility index (Phi) is 6.03. The summed E-state index contributed by atoms with van der Waals surface area (Å²) in [7, 11) is -1.72. The molecule has 1 aliphatic carbocycles. The summed E-state index contributed by atoms with van der Waals surface area (Å²) in [5.74, 6) is 1.46. The van der Waals surface area contributed by atoms with E-state index in [1.165, 1.54) is 12.8 Å². The molecule has 156 valence electrons. The van der Waals surface area contributed by atoms with Crippen molar-refractivity contribution in [1.29, 1.82) is 0 Å². The number of methoxy groups -OCH3 is 1. The van der Waals surface area contributed by atoms with Gasteiger partial charge in [0.05, 0.1) is 7.11 Å². The largest absolute Gasteiger partial charge is 0.481 e. The second-order valence-corrected chi connectivity index (χ2v) is 9.94. The molecule has 28 heavy (non-hydrogen) atoms. The third kappa shape index (κ3) is 4.26. The molecule has 0 atom stereocenters. The second-order valence-electron chi connectivity index (χ2n) is 8.01. The first-order chi connectivity index (χ1) is 13.6. The van der Waals surface area contributed by atoms with Gasteiger partial charge < -0.3 is 9.64 Å². The molecule has 3 fully saturated rings. The quantitative estimate of drug-likeness (QED) is 0.715. The van der Waals surface area contributed by atoms with Crippen molar-refractivity contribution < 1.29 is 13.2 Å². The van der Waals surface area contributed by atoms with Gasteiger partial charge in [-0.05, 0) is 38.5 Å². The van der Waals surface area contributed by atoms with Gasteiger partial charge in [-0.2, -0.15) is 17.0 Å². The lowest BCUT2D eigenvalue weighted by Crippen LogP contribution is -2.51. The van der Waals surface area contributed by atoms with Crippen LogP contribution in [0.25, 0.3) is 0 Å². The van der Waals surface area contributed by atoms with E-state index in [2.05, 4.69) is 14.9 Å². The maximum atomic E-state index is 13.1. The van der Waals surface area contributed by atoms with Crippen LogP contribution in [0, 0.1) is 0 Å². The van der Waals surface area contributed by atoms with Crippen LogP contribution in [0.5, 0.6) is 5.88 Å². The van der Waals surface area contributed by atoms with Gasteiger partial charge in [0.2, 0.25) is 5.88 Å². The van der Waals surface area contributed by atoms with E-state index in [1.54, 1.807) is 22.0 Å². The number of nitrogens with zero attached hydrogens (tertiary/aromatic N) is 5. The zero-order chi connectivity index (χ0) is 19.6. The van der Waals surface area contributed by atoms with Gasteiger partial charge in [0.1, 0.15) is 12.1 Å². The lowest BCUT2D eigenvalue weighted by atomic mass is 10.0. The van der Waals surface area contributed by atoms with Gasteiger partial charge >= 0.3 is 0 Å². The molecule has 0 amide bonds.